The number of hydrogen-bond donors (Lipinski definition) is 3. The van der Waals surface area contributed by atoms with Crippen molar-refractivity contribution < 1.29 is 14.7 Å². The van der Waals surface area contributed by atoms with Crippen molar-refractivity contribution in [3.05, 3.63) is 0 Å². The van der Waals surface area contributed by atoms with E-state index in [-0.39, 0.29) is 11.7 Å². The zero-order valence-electron chi connectivity index (χ0n) is 11.4. The molecule has 5 nitrogen and oxygen atoms in total. The molecule has 1 atom stereocenters. The molecule has 0 saturated carbocycles. The zero-order chi connectivity index (χ0) is 14.9. The zero-order valence-corrected chi connectivity index (χ0v) is 12.3. The number of carboxylic acid groups (broad SMARTS) is 1. The van der Waals surface area contributed by atoms with Gasteiger partial charge in [0, 0.05) is 0 Å². The fourth-order valence-corrected chi connectivity index (χ4v) is 2.29. The first-order chi connectivity index (χ1) is 8.90. The molecule has 0 radical (unpaired) electrons. The maximum absolute atomic E-state index is 11.7. The maximum atomic E-state index is 11.7. The minimum Gasteiger partial charge on any atom is -0.480 e. The van der Waals surface area contributed by atoms with Crippen molar-refractivity contribution in [2.45, 2.75) is 44.7 Å². The molecular weight excluding hydrogens is 264 g/mol. The van der Waals surface area contributed by atoms with Gasteiger partial charge in [0.15, 0.2) is 0 Å². The van der Waals surface area contributed by atoms with Crippen molar-refractivity contribution in [2.75, 3.05) is 11.5 Å². The first-order valence-electron chi connectivity index (χ1n) is 6.25. The van der Waals surface area contributed by atoms with E-state index >= 15 is 0 Å². The molecule has 108 valence electrons. The summed E-state index contributed by atoms with van der Waals surface area (Å²) in [6.07, 6.45) is 7.16. The van der Waals surface area contributed by atoms with Crippen molar-refractivity contribution in [1.29, 1.82) is 0 Å². The normalized spacial score (nSPS) is 12.5. The van der Waals surface area contributed by atoms with Crippen LogP contribution in [0.3, 0.4) is 0 Å². The average Bonchev–Trinajstić information content (AvgIpc) is 2.40. The standard InChI is InChI=1S/C13H22N2O3S/c1-4-13(5-2,6-3)15-11(16)9-19-8-7-10(14)12(17)18/h1,10H,5-9,14H2,2-3H3,(H,15,16)(H,17,18). The number of carbonyl (C=O) groups excluding carboxylic acids is 1. The molecule has 0 spiro atoms. The van der Waals surface area contributed by atoms with E-state index in [1.54, 1.807) is 0 Å². The fourth-order valence-electron chi connectivity index (χ4n) is 1.47. The molecule has 4 N–H and O–H groups in total. The molecule has 0 aromatic rings. The lowest BCUT2D eigenvalue weighted by molar-refractivity contribution is -0.138. The Morgan fingerprint density at radius 1 is 1.47 bits per heavy atom. The number of hydrogen-bond acceptors (Lipinski definition) is 4. The number of nitrogens with two attached hydrogens (primary N) is 1. The van der Waals surface area contributed by atoms with Crippen LogP contribution in [-0.2, 0) is 9.59 Å². The topological polar surface area (TPSA) is 92.4 Å². The van der Waals surface area contributed by atoms with E-state index < -0.39 is 17.6 Å². The maximum Gasteiger partial charge on any atom is 0.320 e. The van der Waals surface area contributed by atoms with Gasteiger partial charge in [0.2, 0.25) is 5.91 Å². The predicted molar refractivity (Wildman–Crippen MR) is 77.8 cm³/mol. The second kappa shape index (κ2) is 8.83. The summed E-state index contributed by atoms with van der Waals surface area (Å²) in [6, 6.07) is -0.869. The van der Waals surface area contributed by atoms with Crippen molar-refractivity contribution in [1.82, 2.24) is 5.32 Å². The first kappa shape index (κ1) is 17.8. The first-order valence-corrected chi connectivity index (χ1v) is 7.41. The SMILES string of the molecule is C#CC(CC)(CC)NC(=O)CSCCC(N)C(=O)O. The van der Waals surface area contributed by atoms with E-state index in [1.807, 2.05) is 13.8 Å². The number of rotatable bonds is 9. The van der Waals surface area contributed by atoms with Gasteiger partial charge in [0.25, 0.3) is 0 Å². The average molecular weight is 286 g/mol. The van der Waals surface area contributed by atoms with Gasteiger partial charge in [-0.25, -0.2) is 0 Å². The highest BCUT2D eigenvalue weighted by Crippen LogP contribution is 2.14. The Kier molecular flexibility index (Phi) is 8.28. The van der Waals surface area contributed by atoms with E-state index in [0.717, 1.165) is 0 Å². The van der Waals surface area contributed by atoms with Crippen LogP contribution in [0.2, 0.25) is 0 Å². The van der Waals surface area contributed by atoms with Gasteiger partial charge >= 0.3 is 5.97 Å². The summed E-state index contributed by atoms with van der Waals surface area (Å²) in [7, 11) is 0. The minimum atomic E-state index is -1.02. The molecule has 0 heterocycles. The van der Waals surface area contributed by atoms with Crippen LogP contribution in [0.25, 0.3) is 0 Å². The molecule has 0 rings (SSSR count). The summed E-state index contributed by atoms with van der Waals surface area (Å²) in [4.78, 5) is 22.2. The lowest BCUT2D eigenvalue weighted by Gasteiger charge is -2.26. The molecule has 0 fully saturated rings. The van der Waals surface area contributed by atoms with Crippen LogP contribution in [0, 0.1) is 12.3 Å². The number of terminal acetylenes is 1. The largest absolute Gasteiger partial charge is 0.480 e. The Labute approximate surface area is 118 Å². The number of nitrogens with one attached hydrogen (secondary N) is 1. The van der Waals surface area contributed by atoms with Gasteiger partial charge in [-0.15, -0.1) is 6.42 Å². The van der Waals surface area contributed by atoms with Gasteiger partial charge in [-0.2, -0.15) is 11.8 Å². The van der Waals surface area contributed by atoms with Crippen molar-refractivity contribution in [3.8, 4) is 12.3 Å². The van der Waals surface area contributed by atoms with Crippen LogP contribution >= 0.6 is 11.8 Å². The van der Waals surface area contributed by atoms with E-state index in [1.165, 1.54) is 11.8 Å². The molecule has 0 aromatic carbocycles. The third-order valence-corrected chi connectivity index (χ3v) is 3.98. The Balaban J connectivity index is 4.00. The molecule has 0 bridgehead atoms. The highest BCUT2D eigenvalue weighted by molar-refractivity contribution is 7.99. The Hall–Kier alpha value is -1.19. The van der Waals surface area contributed by atoms with Gasteiger partial charge in [-0.05, 0) is 25.0 Å². The molecule has 19 heavy (non-hydrogen) atoms. The second-order valence-corrected chi connectivity index (χ2v) is 5.37. The predicted octanol–water partition coefficient (Wildman–Crippen LogP) is 0.830. The second-order valence-electron chi connectivity index (χ2n) is 4.27. The molecule has 1 unspecified atom stereocenters. The van der Waals surface area contributed by atoms with Crippen LogP contribution in [0.4, 0.5) is 0 Å². The summed E-state index contributed by atoms with van der Waals surface area (Å²) in [5, 5.41) is 11.5. The van der Waals surface area contributed by atoms with Gasteiger partial charge in [0.05, 0.1) is 5.75 Å². The minimum absolute atomic E-state index is 0.129. The highest BCUT2D eigenvalue weighted by Gasteiger charge is 2.24. The van der Waals surface area contributed by atoms with Gasteiger partial charge < -0.3 is 16.2 Å². The molecule has 0 saturated heterocycles. The number of carbonyl (C=O) groups is 2. The summed E-state index contributed by atoms with van der Waals surface area (Å²) < 4.78 is 0. The molecule has 6 heteroatoms. The quantitative estimate of drug-likeness (QED) is 0.431. The van der Waals surface area contributed by atoms with E-state index in [4.69, 9.17) is 17.3 Å². The van der Waals surface area contributed by atoms with E-state index in [9.17, 15) is 9.59 Å². The number of carboxylic acids is 1. The van der Waals surface area contributed by atoms with E-state index in [2.05, 4.69) is 11.2 Å². The number of amides is 1. The smallest absolute Gasteiger partial charge is 0.320 e. The van der Waals surface area contributed by atoms with Crippen molar-refractivity contribution in [3.63, 3.8) is 0 Å². The van der Waals surface area contributed by atoms with E-state index in [0.29, 0.717) is 25.0 Å². The molecule has 0 aliphatic rings. The Bertz CT molecular complexity index is 348. The summed E-state index contributed by atoms with van der Waals surface area (Å²) >= 11 is 1.36. The van der Waals surface area contributed by atoms with Crippen LogP contribution < -0.4 is 11.1 Å². The summed E-state index contributed by atoms with van der Waals surface area (Å²) in [6.45, 7) is 3.87. The summed E-state index contributed by atoms with van der Waals surface area (Å²) in [5.41, 5.74) is 4.79. The number of thioether (sulfide) groups is 1. The fraction of sp³-hybridized carbons (Fsp3) is 0.692. The number of aliphatic carboxylic acids is 1. The summed E-state index contributed by atoms with van der Waals surface area (Å²) in [5.74, 6) is 2.27. The molecule has 0 aliphatic carbocycles. The van der Waals surface area contributed by atoms with Gasteiger partial charge in [0.1, 0.15) is 11.6 Å². The lowest BCUT2D eigenvalue weighted by Crippen LogP contribution is -2.47. The monoisotopic (exact) mass is 286 g/mol. The van der Waals surface area contributed by atoms with Crippen molar-refractivity contribution >= 4 is 23.6 Å². The van der Waals surface area contributed by atoms with Crippen molar-refractivity contribution in [2.24, 2.45) is 5.73 Å². The van der Waals surface area contributed by atoms with Crippen LogP contribution in [0.1, 0.15) is 33.1 Å². The molecule has 1 amide bonds. The Morgan fingerprint density at radius 3 is 2.47 bits per heavy atom. The van der Waals surface area contributed by atoms with Crippen LogP contribution in [0.5, 0.6) is 0 Å². The molecular formula is C13H22N2O3S. The third-order valence-electron chi connectivity index (χ3n) is 2.99. The van der Waals surface area contributed by atoms with Gasteiger partial charge in [-0.3, -0.25) is 9.59 Å². The highest BCUT2D eigenvalue weighted by atomic mass is 32.2. The Morgan fingerprint density at radius 2 is 2.05 bits per heavy atom. The lowest BCUT2D eigenvalue weighted by atomic mass is 9.94. The molecule has 0 aromatic heterocycles. The third kappa shape index (κ3) is 6.50. The van der Waals surface area contributed by atoms with Gasteiger partial charge in [-0.1, -0.05) is 19.8 Å². The molecule has 0 aliphatic heterocycles. The van der Waals surface area contributed by atoms with Crippen LogP contribution in [-0.4, -0.2) is 40.1 Å². The van der Waals surface area contributed by atoms with Crippen LogP contribution in [0.15, 0.2) is 0 Å².